The highest BCUT2D eigenvalue weighted by Crippen LogP contribution is 2.42. The van der Waals surface area contributed by atoms with Crippen LogP contribution in [-0.4, -0.2) is 11.9 Å². The number of benzene rings is 3. The molecule has 0 radical (unpaired) electrons. The van der Waals surface area contributed by atoms with Gasteiger partial charge in [0.15, 0.2) is 0 Å². The Kier molecular flexibility index (Phi) is 6.31. The van der Waals surface area contributed by atoms with Crippen LogP contribution in [0.1, 0.15) is 74.0 Å². The van der Waals surface area contributed by atoms with Crippen molar-refractivity contribution >= 4 is 22.7 Å². The SMILES string of the molecule is CCC(=O)OC1CCC(OC(=O)CC)c2cc(-c3ccc4cc(C)c(C)cc4c3)ccc21. The third-order valence-electron chi connectivity index (χ3n) is 6.38. The van der Waals surface area contributed by atoms with Gasteiger partial charge in [-0.3, -0.25) is 9.59 Å². The molecule has 3 aromatic carbocycles. The Balaban J connectivity index is 1.76. The molecule has 0 fully saturated rings. The van der Waals surface area contributed by atoms with E-state index in [2.05, 4.69) is 56.3 Å². The van der Waals surface area contributed by atoms with Gasteiger partial charge in [-0.25, -0.2) is 0 Å². The minimum atomic E-state index is -0.320. The highest BCUT2D eigenvalue weighted by atomic mass is 16.6. The number of ether oxygens (including phenoxy) is 2. The molecule has 4 heteroatoms. The first-order valence-electron chi connectivity index (χ1n) is 11.4. The van der Waals surface area contributed by atoms with Gasteiger partial charge in [-0.1, -0.05) is 50.2 Å². The molecule has 0 N–H and O–H groups in total. The standard InChI is InChI=1S/C28H30O4/c1-5-27(29)31-25-11-12-26(32-28(30)6-2)24-16-21(9-10-23(24)25)20-8-7-19-13-17(3)18(4)14-22(19)15-20/h7-10,13-16,25-26H,5-6,11-12H2,1-4H3. The molecule has 0 saturated heterocycles. The third-order valence-corrected chi connectivity index (χ3v) is 6.38. The lowest BCUT2D eigenvalue weighted by atomic mass is 9.84. The Morgan fingerprint density at radius 1 is 0.719 bits per heavy atom. The van der Waals surface area contributed by atoms with Crippen LogP contribution in [0.2, 0.25) is 0 Å². The van der Waals surface area contributed by atoms with Crippen molar-refractivity contribution in [2.75, 3.05) is 0 Å². The van der Waals surface area contributed by atoms with Crippen LogP contribution in [0.4, 0.5) is 0 Å². The molecule has 0 spiro atoms. The summed E-state index contributed by atoms with van der Waals surface area (Å²) in [5.41, 5.74) is 6.59. The van der Waals surface area contributed by atoms with Crippen LogP contribution >= 0.6 is 0 Å². The highest BCUT2D eigenvalue weighted by molar-refractivity contribution is 5.88. The molecule has 0 bridgehead atoms. The number of hydrogen-bond donors (Lipinski definition) is 0. The summed E-state index contributed by atoms with van der Waals surface area (Å²) in [6.07, 6.45) is 1.34. The third kappa shape index (κ3) is 4.40. The largest absolute Gasteiger partial charge is 0.457 e. The Hall–Kier alpha value is -3.14. The zero-order valence-electron chi connectivity index (χ0n) is 19.2. The molecule has 1 aliphatic rings. The molecule has 3 aromatic rings. The molecule has 0 heterocycles. The Labute approximate surface area is 189 Å². The summed E-state index contributed by atoms with van der Waals surface area (Å²) >= 11 is 0. The van der Waals surface area contributed by atoms with Crippen molar-refractivity contribution < 1.29 is 19.1 Å². The van der Waals surface area contributed by atoms with Crippen molar-refractivity contribution in [3.8, 4) is 11.1 Å². The van der Waals surface area contributed by atoms with E-state index in [1.807, 2.05) is 6.07 Å². The van der Waals surface area contributed by atoms with Crippen LogP contribution in [0.15, 0.2) is 48.5 Å². The van der Waals surface area contributed by atoms with Gasteiger partial charge in [-0.05, 0) is 83.0 Å². The number of fused-ring (bicyclic) bond motifs is 2. The Morgan fingerprint density at radius 2 is 1.25 bits per heavy atom. The minimum Gasteiger partial charge on any atom is -0.457 e. The second-order valence-electron chi connectivity index (χ2n) is 8.58. The highest BCUT2D eigenvalue weighted by Gasteiger charge is 2.31. The molecule has 2 unspecified atom stereocenters. The van der Waals surface area contributed by atoms with Gasteiger partial charge in [0.05, 0.1) is 0 Å². The average Bonchev–Trinajstić information content (AvgIpc) is 2.80. The van der Waals surface area contributed by atoms with Gasteiger partial charge < -0.3 is 9.47 Å². The molecule has 2 atom stereocenters. The fourth-order valence-electron chi connectivity index (χ4n) is 4.37. The van der Waals surface area contributed by atoms with E-state index in [9.17, 15) is 9.59 Å². The second kappa shape index (κ2) is 9.15. The number of carbonyl (C=O) groups excluding carboxylic acids is 2. The molecule has 32 heavy (non-hydrogen) atoms. The van der Waals surface area contributed by atoms with Gasteiger partial charge in [0.2, 0.25) is 0 Å². The zero-order chi connectivity index (χ0) is 22.8. The van der Waals surface area contributed by atoms with Crippen LogP contribution in [0.5, 0.6) is 0 Å². The molecule has 4 rings (SSSR count). The molecular formula is C28H30O4. The van der Waals surface area contributed by atoms with Gasteiger partial charge in [0.25, 0.3) is 0 Å². The van der Waals surface area contributed by atoms with Gasteiger partial charge in [0, 0.05) is 12.8 Å². The van der Waals surface area contributed by atoms with Gasteiger partial charge in [0.1, 0.15) is 12.2 Å². The van der Waals surface area contributed by atoms with Crippen LogP contribution < -0.4 is 0 Å². The summed E-state index contributed by atoms with van der Waals surface area (Å²) in [5, 5.41) is 2.42. The molecule has 0 amide bonds. The Morgan fingerprint density at radius 3 is 1.88 bits per heavy atom. The maximum atomic E-state index is 12.0. The molecule has 0 aliphatic heterocycles. The summed E-state index contributed by atoms with van der Waals surface area (Å²) in [7, 11) is 0. The van der Waals surface area contributed by atoms with E-state index in [1.54, 1.807) is 13.8 Å². The summed E-state index contributed by atoms with van der Waals surface area (Å²) in [5.74, 6) is -0.430. The summed E-state index contributed by atoms with van der Waals surface area (Å²) in [4.78, 5) is 24.0. The molecule has 1 aliphatic carbocycles. The summed E-state index contributed by atoms with van der Waals surface area (Å²) < 4.78 is 11.5. The summed E-state index contributed by atoms with van der Waals surface area (Å²) in [6, 6.07) is 17.1. The maximum absolute atomic E-state index is 12.0. The number of hydrogen-bond acceptors (Lipinski definition) is 4. The quantitative estimate of drug-likeness (QED) is 0.413. The molecule has 166 valence electrons. The number of aryl methyl sites for hydroxylation is 2. The lowest BCUT2D eigenvalue weighted by Crippen LogP contribution is -2.22. The van der Waals surface area contributed by atoms with Crippen molar-refractivity contribution in [3.05, 3.63) is 70.8 Å². The number of rotatable bonds is 5. The van der Waals surface area contributed by atoms with Crippen LogP contribution in [-0.2, 0) is 19.1 Å². The van der Waals surface area contributed by atoms with Crippen molar-refractivity contribution in [1.29, 1.82) is 0 Å². The van der Waals surface area contributed by atoms with E-state index in [4.69, 9.17) is 9.47 Å². The molecule has 0 saturated carbocycles. The van der Waals surface area contributed by atoms with Gasteiger partial charge in [-0.15, -0.1) is 0 Å². The molecule has 4 nitrogen and oxygen atoms in total. The normalized spacial score (nSPS) is 17.6. The van der Waals surface area contributed by atoms with Crippen LogP contribution in [0, 0.1) is 13.8 Å². The monoisotopic (exact) mass is 430 g/mol. The van der Waals surface area contributed by atoms with Crippen LogP contribution in [0.25, 0.3) is 21.9 Å². The lowest BCUT2D eigenvalue weighted by Gasteiger charge is -2.31. The van der Waals surface area contributed by atoms with Crippen molar-refractivity contribution in [2.24, 2.45) is 0 Å². The minimum absolute atomic E-state index is 0.214. The fraction of sp³-hybridized carbons (Fsp3) is 0.357. The van der Waals surface area contributed by atoms with E-state index >= 15 is 0 Å². The van der Waals surface area contributed by atoms with Gasteiger partial charge >= 0.3 is 11.9 Å². The topological polar surface area (TPSA) is 52.6 Å². The number of carbonyl (C=O) groups is 2. The first-order valence-corrected chi connectivity index (χ1v) is 11.4. The average molecular weight is 431 g/mol. The van der Waals surface area contributed by atoms with Crippen molar-refractivity contribution in [2.45, 2.75) is 65.6 Å². The van der Waals surface area contributed by atoms with E-state index in [0.717, 1.165) is 22.3 Å². The predicted octanol–water partition coefficient (Wildman–Crippen LogP) is 6.91. The van der Waals surface area contributed by atoms with Crippen molar-refractivity contribution in [3.63, 3.8) is 0 Å². The lowest BCUT2D eigenvalue weighted by molar-refractivity contribution is -0.155. The van der Waals surface area contributed by atoms with E-state index in [0.29, 0.717) is 25.7 Å². The Bertz CT molecular complexity index is 1180. The van der Waals surface area contributed by atoms with E-state index in [1.165, 1.54) is 21.9 Å². The smallest absolute Gasteiger partial charge is 0.306 e. The molecular weight excluding hydrogens is 400 g/mol. The van der Waals surface area contributed by atoms with Gasteiger partial charge in [-0.2, -0.15) is 0 Å². The van der Waals surface area contributed by atoms with Crippen molar-refractivity contribution in [1.82, 2.24) is 0 Å². The number of esters is 2. The van der Waals surface area contributed by atoms with E-state index < -0.39 is 0 Å². The van der Waals surface area contributed by atoms with Crippen LogP contribution in [0.3, 0.4) is 0 Å². The first kappa shape index (κ1) is 22.1. The summed E-state index contributed by atoms with van der Waals surface area (Å²) in [6.45, 7) is 7.85. The maximum Gasteiger partial charge on any atom is 0.306 e. The van der Waals surface area contributed by atoms with E-state index in [-0.39, 0.29) is 24.1 Å². The second-order valence-corrected chi connectivity index (χ2v) is 8.58. The first-order chi connectivity index (χ1) is 15.4. The predicted molar refractivity (Wildman–Crippen MR) is 126 cm³/mol. The zero-order valence-corrected chi connectivity index (χ0v) is 19.2. The fourth-order valence-corrected chi connectivity index (χ4v) is 4.37. The molecule has 0 aromatic heterocycles.